The molecule has 1 saturated heterocycles. The van der Waals surface area contributed by atoms with E-state index < -0.39 is 11.9 Å². The van der Waals surface area contributed by atoms with Gasteiger partial charge in [0.05, 0.1) is 18.0 Å². The molecule has 1 fully saturated rings. The van der Waals surface area contributed by atoms with Crippen LogP contribution in [0.25, 0.3) is 11.0 Å². The molecule has 3 atom stereocenters. The lowest BCUT2D eigenvalue weighted by Crippen LogP contribution is -2.39. The van der Waals surface area contributed by atoms with Crippen molar-refractivity contribution in [3.8, 4) is 5.75 Å². The third-order valence-corrected chi connectivity index (χ3v) is 5.94. The maximum atomic E-state index is 13.2. The number of aromatic amines is 1. The Morgan fingerprint density at radius 1 is 1.13 bits per heavy atom. The number of ether oxygens (including phenoxy) is 2. The Morgan fingerprint density at radius 3 is 2.80 bits per heavy atom. The first kappa shape index (κ1) is 19.2. The highest BCUT2D eigenvalue weighted by Crippen LogP contribution is 2.43. The molecule has 2 aromatic heterocycles. The van der Waals surface area contributed by atoms with Gasteiger partial charge in [-0.3, -0.25) is 0 Å². The van der Waals surface area contributed by atoms with Crippen molar-refractivity contribution in [2.45, 2.75) is 25.1 Å². The Morgan fingerprint density at radius 2 is 2.00 bits per heavy atom. The van der Waals surface area contributed by atoms with Crippen molar-refractivity contribution in [1.29, 1.82) is 0 Å². The normalized spacial score (nSPS) is 24.3. The smallest absolute Gasteiger partial charge is 0.431 e. The van der Waals surface area contributed by atoms with Crippen LogP contribution < -0.4 is 10.1 Å². The van der Waals surface area contributed by atoms with E-state index in [9.17, 15) is 13.2 Å². The molecule has 0 amide bonds. The van der Waals surface area contributed by atoms with Gasteiger partial charge in [-0.2, -0.15) is 13.2 Å². The van der Waals surface area contributed by atoms with Gasteiger partial charge in [-0.25, -0.2) is 9.97 Å². The van der Waals surface area contributed by atoms with Crippen molar-refractivity contribution >= 4 is 16.9 Å². The number of rotatable bonds is 3. The van der Waals surface area contributed by atoms with Crippen molar-refractivity contribution < 1.29 is 22.6 Å². The van der Waals surface area contributed by atoms with Gasteiger partial charge in [0.1, 0.15) is 29.2 Å². The summed E-state index contributed by atoms with van der Waals surface area (Å²) in [5.74, 6) is 1.54. The summed E-state index contributed by atoms with van der Waals surface area (Å²) >= 11 is 0. The Labute approximate surface area is 170 Å². The molecular weight excluding hydrogens is 397 g/mol. The lowest BCUT2D eigenvalue weighted by Gasteiger charge is -2.40. The van der Waals surface area contributed by atoms with E-state index in [4.69, 9.17) is 9.47 Å². The molecule has 0 radical (unpaired) electrons. The quantitative estimate of drug-likeness (QED) is 0.652. The fourth-order valence-corrected chi connectivity index (χ4v) is 4.43. The summed E-state index contributed by atoms with van der Waals surface area (Å²) in [6.07, 6.45) is -1.20. The fourth-order valence-electron chi connectivity index (χ4n) is 4.43. The maximum absolute atomic E-state index is 13.2. The number of hydrogen-bond donors (Lipinski definition) is 2. The Balaban J connectivity index is 1.54. The van der Waals surface area contributed by atoms with Crippen LogP contribution >= 0.6 is 0 Å². The minimum absolute atomic E-state index is 0.103. The van der Waals surface area contributed by atoms with Crippen molar-refractivity contribution in [2.75, 3.05) is 25.1 Å². The van der Waals surface area contributed by atoms with E-state index in [-0.39, 0.29) is 17.6 Å². The average molecular weight is 418 g/mol. The minimum Gasteiger partial charge on any atom is -0.493 e. The number of benzene rings is 1. The van der Waals surface area contributed by atoms with Gasteiger partial charge in [0.2, 0.25) is 0 Å². The number of halogens is 3. The van der Waals surface area contributed by atoms with Crippen LogP contribution in [0.4, 0.5) is 19.0 Å². The molecule has 0 spiro atoms. The number of nitrogens with zero attached hydrogens (tertiary/aromatic N) is 2. The van der Waals surface area contributed by atoms with Crippen LogP contribution in [0.5, 0.6) is 5.75 Å². The van der Waals surface area contributed by atoms with E-state index >= 15 is 0 Å². The summed E-state index contributed by atoms with van der Waals surface area (Å²) in [7, 11) is 0. The minimum atomic E-state index is -4.48. The van der Waals surface area contributed by atoms with Crippen LogP contribution in [0.2, 0.25) is 0 Å². The lowest BCUT2D eigenvalue weighted by atomic mass is 9.79. The van der Waals surface area contributed by atoms with Crippen LogP contribution in [0, 0.1) is 11.8 Å². The summed E-state index contributed by atoms with van der Waals surface area (Å²) in [5.41, 5.74) is 0.279. The summed E-state index contributed by atoms with van der Waals surface area (Å²) < 4.78 is 51.3. The molecule has 4 heterocycles. The van der Waals surface area contributed by atoms with Gasteiger partial charge in [0.15, 0.2) is 0 Å². The highest BCUT2D eigenvalue weighted by atomic mass is 19.4. The SMILES string of the molecule is FC(F)(F)c1cc2c(N[C@H]3c4ccccc4OC[C@@H]3C3CCCOC3)ncnc2[nH]1. The monoisotopic (exact) mass is 418 g/mol. The zero-order valence-electron chi connectivity index (χ0n) is 16.1. The Bertz CT molecular complexity index is 1050. The zero-order chi connectivity index (χ0) is 20.7. The van der Waals surface area contributed by atoms with E-state index in [1.807, 2.05) is 24.3 Å². The van der Waals surface area contributed by atoms with Crippen molar-refractivity contribution in [2.24, 2.45) is 11.8 Å². The molecular formula is C21H21F3N4O2. The second kappa shape index (κ2) is 7.46. The second-order valence-electron chi connectivity index (χ2n) is 7.78. The van der Waals surface area contributed by atoms with Gasteiger partial charge in [-0.05, 0) is 30.9 Å². The van der Waals surface area contributed by atoms with Crippen molar-refractivity contribution in [1.82, 2.24) is 15.0 Å². The van der Waals surface area contributed by atoms with Gasteiger partial charge >= 0.3 is 6.18 Å². The molecule has 5 rings (SSSR count). The predicted octanol–water partition coefficient (Wildman–Crippen LogP) is 4.57. The summed E-state index contributed by atoms with van der Waals surface area (Å²) in [6.45, 7) is 1.92. The lowest BCUT2D eigenvalue weighted by molar-refractivity contribution is -0.140. The van der Waals surface area contributed by atoms with E-state index in [0.29, 0.717) is 30.3 Å². The van der Waals surface area contributed by atoms with E-state index in [2.05, 4.69) is 20.3 Å². The molecule has 2 aliphatic heterocycles. The molecule has 158 valence electrons. The molecule has 1 unspecified atom stereocenters. The van der Waals surface area contributed by atoms with Crippen LogP contribution in [0.3, 0.4) is 0 Å². The third kappa shape index (κ3) is 3.47. The van der Waals surface area contributed by atoms with Gasteiger partial charge in [0, 0.05) is 24.7 Å². The van der Waals surface area contributed by atoms with Crippen LogP contribution in [-0.2, 0) is 10.9 Å². The van der Waals surface area contributed by atoms with E-state index in [1.165, 1.54) is 6.33 Å². The molecule has 1 aromatic carbocycles. The third-order valence-electron chi connectivity index (χ3n) is 5.94. The second-order valence-corrected chi connectivity index (χ2v) is 7.78. The number of alkyl halides is 3. The standard InChI is InChI=1S/C21H21F3N4O2/c22-21(23,24)17-8-14-19(27-17)25-11-26-20(14)28-18-13-5-1-2-6-16(13)30-10-15(18)12-4-3-7-29-9-12/h1-2,5-6,8,11-12,15,18H,3-4,7,9-10H2,(H2,25,26,27,28)/t12?,15-,18+/m1/s1. The van der Waals surface area contributed by atoms with Gasteiger partial charge in [-0.1, -0.05) is 18.2 Å². The number of aromatic nitrogens is 3. The van der Waals surface area contributed by atoms with E-state index in [1.54, 1.807) is 0 Å². The topological polar surface area (TPSA) is 72.1 Å². The highest BCUT2D eigenvalue weighted by molar-refractivity contribution is 5.88. The molecule has 2 aliphatic rings. The number of fused-ring (bicyclic) bond motifs is 2. The molecule has 0 bridgehead atoms. The summed E-state index contributed by atoms with van der Waals surface area (Å²) in [4.78, 5) is 10.6. The molecule has 3 aromatic rings. The number of nitrogens with one attached hydrogen (secondary N) is 2. The van der Waals surface area contributed by atoms with Crippen LogP contribution in [-0.4, -0.2) is 34.8 Å². The number of para-hydroxylation sites is 1. The molecule has 0 saturated carbocycles. The predicted molar refractivity (Wildman–Crippen MR) is 104 cm³/mol. The molecule has 0 aliphatic carbocycles. The first-order valence-corrected chi connectivity index (χ1v) is 9.97. The Hall–Kier alpha value is -2.81. The van der Waals surface area contributed by atoms with Gasteiger partial charge in [-0.15, -0.1) is 0 Å². The van der Waals surface area contributed by atoms with Crippen LogP contribution in [0.1, 0.15) is 30.1 Å². The fraction of sp³-hybridized carbons (Fsp3) is 0.429. The van der Waals surface area contributed by atoms with Crippen LogP contribution in [0.15, 0.2) is 36.7 Å². The molecule has 2 N–H and O–H groups in total. The molecule has 9 heteroatoms. The van der Waals surface area contributed by atoms with E-state index in [0.717, 1.165) is 36.8 Å². The zero-order valence-corrected chi connectivity index (χ0v) is 16.1. The maximum Gasteiger partial charge on any atom is 0.431 e. The van der Waals surface area contributed by atoms with Gasteiger partial charge in [0.25, 0.3) is 0 Å². The summed E-state index contributed by atoms with van der Waals surface area (Å²) in [6, 6.07) is 8.63. The summed E-state index contributed by atoms with van der Waals surface area (Å²) in [5, 5.41) is 3.73. The highest BCUT2D eigenvalue weighted by Gasteiger charge is 2.38. The van der Waals surface area contributed by atoms with Gasteiger partial charge < -0.3 is 19.8 Å². The molecule has 6 nitrogen and oxygen atoms in total. The largest absolute Gasteiger partial charge is 0.493 e. The first-order chi connectivity index (χ1) is 14.5. The Kier molecular flexibility index (Phi) is 4.77. The number of anilines is 1. The average Bonchev–Trinajstić information content (AvgIpc) is 3.21. The van der Waals surface area contributed by atoms with Crippen molar-refractivity contribution in [3.05, 3.63) is 47.9 Å². The van der Waals surface area contributed by atoms with Crippen molar-refractivity contribution in [3.63, 3.8) is 0 Å². The molecule has 30 heavy (non-hydrogen) atoms. The number of hydrogen-bond acceptors (Lipinski definition) is 5. The first-order valence-electron chi connectivity index (χ1n) is 9.97. The number of H-pyrrole nitrogens is 1.